The third-order valence-corrected chi connectivity index (χ3v) is 2.98. The van der Waals surface area contributed by atoms with Gasteiger partial charge in [0.1, 0.15) is 0 Å². The molecule has 20 heavy (non-hydrogen) atoms. The number of carbonyl (C=O) groups is 1. The SMILES string of the molecule is COc1ccc(CC(=O)c2cc(C)nc(C)c2)cc1F. The van der Waals surface area contributed by atoms with Crippen molar-refractivity contribution >= 4 is 5.78 Å². The summed E-state index contributed by atoms with van der Waals surface area (Å²) in [6.07, 6.45) is 0.157. The number of carbonyl (C=O) groups excluding carboxylic acids is 1. The number of halogens is 1. The number of pyridine rings is 1. The lowest BCUT2D eigenvalue weighted by Gasteiger charge is -2.06. The Balaban J connectivity index is 2.21. The summed E-state index contributed by atoms with van der Waals surface area (Å²) < 4.78 is 18.4. The summed E-state index contributed by atoms with van der Waals surface area (Å²) in [7, 11) is 1.41. The van der Waals surface area contributed by atoms with E-state index in [0.29, 0.717) is 11.1 Å². The number of ketones is 1. The van der Waals surface area contributed by atoms with E-state index in [1.165, 1.54) is 19.2 Å². The third kappa shape index (κ3) is 3.20. The van der Waals surface area contributed by atoms with E-state index in [-0.39, 0.29) is 18.0 Å². The Kier molecular flexibility index (Phi) is 4.13. The quantitative estimate of drug-likeness (QED) is 0.802. The molecule has 0 N–H and O–H groups in total. The first-order valence-electron chi connectivity index (χ1n) is 6.30. The highest BCUT2D eigenvalue weighted by Crippen LogP contribution is 2.19. The van der Waals surface area contributed by atoms with E-state index in [1.54, 1.807) is 18.2 Å². The summed E-state index contributed by atoms with van der Waals surface area (Å²) in [6, 6.07) is 8.05. The summed E-state index contributed by atoms with van der Waals surface area (Å²) in [6.45, 7) is 3.69. The molecule has 1 aromatic heterocycles. The van der Waals surface area contributed by atoms with Crippen molar-refractivity contribution in [3.05, 3.63) is 58.7 Å². The average Bonchev–Trinajstić information content (AvgIpc) is 2.37. The van der Waals surface area contributed by atoms with Gasteiger partial charge in [-0.3, -0.25) is 9.78 Å². The number of hydrogen-bond donors (Lipinski definition) is 0. The number of methoxy groups -OCH3 is 1. The maximum absolute atomic E-state index is 13.6. The zero-order chi connectivity index (χ0) is 14.7. The van der Waals surface area contributed by atoms with Gasteiger partial charge in [0.05, 0.1) is 7.11 Å². The van der Waals surface area contributed by atoms with Gasteiger partial charge in [0.25, 0.3) is 0 Å². The van der Waals surface area contributed by atoms with Gasteiger partial charge in [-0.15, -0.1) is 0 Å². The van der Waals surface area contributed by atoms with Crippen LogP contribution in [0, 0.1) is 19.7 Å². The van der Waals surface area contributed by atoms with Crippen LogP contribution in [0.15, 0.2) is 30.3 Å². The number of aromatic nitrogens is 1. The van der Waals surface area contributed by atoms with Gasteiger partial charge in [-0.05, 0) is 43.7 Å². The van der Waals surface area contributed by atoms with E-state index in [4.69, 9.17) is 4.74 Å². The summed E-state index contributed by atoms with van der Waals surface area (Å²) in [5.74, 6) is -0.333. The van der Waals surface area contributed by atoms with Gasteiger partial charge < -0.3 is 4.74 Å². The largest absolute Gasteiger partial charge is 0.494 e. The molecule has 0 radical (unpaired) electrons. The number of aryl methyl sites for hydroxylation is 2. The molecule has 0 spiro atoms. The van der Waals surface area contributed by atoms with Crippen LogP contribution in [0.5, 0.6) is 5.75 Å². The molecule has 2 rings (SSSR count). The highest BCUT2D eigenvalue weighted by atomic mass is 19.1. The van der Waals surface area contributed by atoms with Crippen molar-refractivity contribution in [2.45, 2.75) is 20.3 Å². The van der Waals surface area contributed by atoms with Crippen LogP contribution in [0.2, 0.25) is 0 Å². The zero-order valence-corrected chi connectivity index (χ0v) is 11.7. The molecule has 4 heteroatoms. The molecule has 0 unspecified atom stereocenters. The van der Waals surface area contributed by atoms with Gasteiger partial charge in [-0.1, -0.05) is 6.07 Å². The Hall–Kier alpha value is -2.23. The predicted octanol–water partition coefficient (Wildman–Crippen LogP) is 3.27. The lowest BCUT2D eigenvalue weighted by atomic mass is 10.0. The second-order valence-corrected chi connectivity index (χ2v) is 4.71. The van der Waals surface area contributed by atoms with Gasteiger partial charge in [0.2, 0.25) is 0 Å². The van der Waals surface area contributed by atoms with Crippen LogP contribution in [-0.4, -0.2) is 17.9 Å². The van der Waals surface area contributed by atoms with Crippen molar-refractivity contribution in [3.8, 4) is 5.75 Å². The van der Waals surface area contributed by atoms with Crippen LogP contribution < -0.4 is 4.74 Å². The van der Waals surface area contributed by atoms with Crippen LogP contribution in [0.1, 0.15) is 27.3 Å². The van der Waals surface area contributed by atoms with Crippen LogP contribution in [0.4, 0.5) is 4.39 Å². The third-order valence-electron chi connectivity index (χ3n) is 2.98. The first-order chi connectivity index (χ1) is 9.49. The average molecular weight is 273 g/mol. The normalized spacial score (nSPS) is 10.4. The Morgan fingerprint density at radius 3 is 2.40 bits per heavy atom. The number of nitrogens with zero attached hydrogens (tertiary/aromatic N) is 1. The molecule has 104 valence electrons. The minimum Gasteiger partial charge on any atom is -0.494 e. The second kappa shape index (κ2) is 5.82. The molecule has 3 nitrogen and oxygen atoms in total. The van der Waals surface area contributed by atoms with Crippen molar-refractivity contribution in [1.29, 1.82) is 0 Å². The maximum Gasteiger partial charge on any atom is 0.167 e. The van der Waals surface area contributed by atoms with E-state index >= 15 is 0 Å². The molecule has 1 heterocycles. The zero-order valence-electron chi connectivity index (χ0n) is 11.7. The molecule has 0 saturated heterocycles. The number of rotatable bonds is 4. The molecule has 0 amide bonds. The van der Waals surface area contributed by atoms with E-state index < -0.39 is 5.82 Å². The molecule has 2 aromatic rings. The van der Waals surface area contributed by atoms with E-state index in [2.05, 4.69) is 4.98 Å². The highest BCUT2D eigenvalue weighted by molar-refractivity contribution is 5.97. The predicted molar refractivity (Wildman–Crippen MR) is 74.7 cm³/mol. The van der Waals surface area contributed by atoms with Crippen LogP contribution >= 0.6 is 0 Å². The monoisotopic (exact) mass is 273 g/mol. The Labute approximate surface area is 117 Å². The molecular weight excluding hydrogens is 257 g/mol. The highest BCUT2D eigenvalue weighted by Gasteiger charge is 2.11. The maximum atomic E-state index is 13.6. The molecule has 0 fully saturated rings. The summed E-state index contributed by atoms with van der Waals surface area (Å²) in [5.41, 5.74) is 2.83. The number of hydrogen-bond acceptors (Lipinski definition) is 3. The number of ether oxygens (including phenoxy) is 1. The van der Waals surface area contributed by atoms with Crippen molar-refractivity contribution in [2.75, 3.05) is 7.11 Å². The van der Waals surface area contributed by atoms with Crippen LogP contribution in [0.25, 0.3) is 0 Å². The molecule has 0 saturated carbocycles. The number of Topliss-reactive ketones (excluding diaryl/α,β-unsaturated/α-hetero) is 1. The molecule has 1 aromatic carbocycles. The van der Waals surface area contributed by atoms with E-state index in [0.717, 1.165) is 11.4 Å². The van der Waals surface area contributed by atoms with Gasteiger partial charge in [0.15, 0.2) is 17.3 Å². The smallest absolute Gasteiger partial charge is 0.167 e. The molecule has 0 atom stereocenters. The minimum absolute atomic E-state index is 0.0526. The van der Waals surface area contributed by atoms with Crippen LogP contribution in [0.3, 0.4) is 0 Å². The minimum atomic E-state index is -0.458. The van der Waals surface area contributed by atoms with Crippen molar-refractivity contribution < 1.29 is 13.9 Å². The fourth-order valence-corrected chi connectivity index (χ4v) is 2.10. The molecular formula is C16H16FNO2. The van der Waals surface area contributed by atoms with Crippen molar-refractivity contribution in [3.63, 3.8) is 0 Å². The Morgan fingerprint density at radius 2 is 1.85 bits per heavy atom. The topological polar surface area (TPSA) is 39.2 Å². The van der Waals surface area contributed by atoms with Gasteiger partial charge in [0, 0.05) is 23.4 Å². The molecule has 0 bridgehead atoms. The standard InChI is InChI=1S/C16H16FNO2/c1-10-6-13(7-11(2)18-10)15(19)9-12-4-5-16(20-3)14(17)8-12/h4-8H,9H2,1-3H3. The lowest BCUT2D eigenvalue weighted by molar-refractivity contribution is 0.0992. The summed E-state index contributed by atoms with van der Waals surface area (Å²) in [5, 5.41) is 0. The Morgan fingerprint density at radius 1 is 1.20 bits per heavy atom. The molecule has 0 aliphatic carbocycles. The Bertz CT molecular complexity index is 633. The first kappa shape index (κ1) is 14.2. The molecule has 0 aliphatic heterocycles. The fourth-order valence-electron chi connectivity index (χ4n) is 2.10. The van der Waals surface area contributed by atoms with Gasteiger partial charge in [-0.2, -0.15) is 0 Å². The van der Waals surface area contributed by atoms with Crippen molar-refractivity contribution in [1.82, 2.24) is 4.98 Å². The van der Waals surface area contributed by atoms with Gasteiger partial charge in [-0.25, -0.2) is 4.39 Å². The van der Waals surface area contributed by atoms with Crippen molar-refractivity contribution in [2.24, 2.45) is 0 Å². The van der Waals surface area contributed by atoms with Gasteiger partial charge >= 0.3 is 0 Å². The summed E-state index contributed by atoms with van der Waals surface area (Å²) >= 11 is 0. The fraction of sp³-hybridized carbons (Fsp3) is 0.250. The number of benzene rings is 1. The lowest BCUT2D eigenvalue weighted by Crippen LogP contribution is -2.06. The van der Waals surface area contributed by atoms with E-state index in [9.17, 15) is 9.18 Å². The van der Waals surface area contributed by atoms with E-state index in [1.807, 2.05) is 13.8 Å². The summed E-state index contributed by atoms with van der Waals surface area (Å²) in [4.78, 5) is 16.4. The van der Waals surface area contributed by atoms with Crippen LogP contribution in [-0.2, 0) is 6.42 Å². The first-order valence-corrected chi connectivity index (χ1v) is 6.30. The second-order valence-electron chi connectivity index (χ2n) is 4.71. The molecule has 0 aliphatic rings.